The predicted molar refractivity (Wildman–Crippen MR) is 92.7 cm³/mol. The second-order valence-electron chi connectivity index (χ2n) is 5.15. The Morgan fingerprint density at radius 3 is 2.57 bits per heavy atom. The first kappa shape index (κ1) is 19.6. The van der Waals surface area contributed by atoms with E-state index in [0.717, 1.165) is 29.8 Å². The quantitative estimate of drug-likeness (QED) is 0.684. The van der Waals surface area contributed by atoms with Crippen molar-refractivity contribution in [2.24, 2.45) is 0 Å². The number of benzene rings is 1. The van der Waals surface area contributed by atoms with Gasteiger partial charge in [0.1, 0.15) is 12.3 Å². The van der Waals surface area contributed by atoms with Crippen LogP contribution in [0.2, 0.25) is 5.02 Å². The molecule has 0 unspecified atom stereocenters. The summed E-state index contributed by atoms with van der Waals surface area (Å²) in [5.41, 5.74) is 0.321. The molecule has 0 bridgehead atoms. The molecule has 1 N–H and O–H groups in total. The zero-order valence-corrected chi connectivity index (χ0v) is 15.2. The van der Waals surface area contributed by atoms with Crippen molar-refractivity contribution < 1.29 is 17.9 Å². The molecule has 0 heterocycles. The van der Waals surface area contributed by atoms with E-state index in [2.05, 4.69) is 12.2 Å². The van der Waals surface area contributed by atoms with Gasteiger partial charge in [-0.2, -0.15) is 0 Å². The van der Waals surface area contributed by atoms with Crippen LogP contribution < -0.4 is 14.4 Å². The molecule has 0 radical (unpaired) electrons. The van der Waals surface area contributed by atoms with Gasteiger partial charge in [0.2, 0.25) is 15.9 Å². The minimum Gasteiger partial charge on any atom is -0.495 e. The van der Waals surface area contributed by atoms with Crippen LogP contribution >= 0.6 is 11.6 Å². The van der Waals surface area contributed by atoms with Gasteiger partial charge < -0.3 is 10.1 Å². The Morgan fingerprint density at radius 2 is 2.04 bits per heavy atom. The maximum atomic E-state index is 12.0. The van der Waals surface area contributed by atoms with Crippen LogP contribution in [0.3, 0.4) is 0 Å². The number of anilines is 1. The van der Waals surface area contributed by atoms with Crippen LogP contribution in [0.4, 0.5) is 5.69 Å². The van der Waals surface area contributed by atoms with Gasteiger partial charge in [0.05, 0.1) is 24.1 Å². The van der Waals surface area contributed by atoms with Crippen molar-refractivity contribution in [1.29, 1.82) is 0 Å². The normalized spacial score (nSPS) is 11.1. The molecule has 0 fully saturated rings. The third-order valence-corrected chi connectivity index (χ3v) is 4.65. The summed E-state index contributed by atoms with van der Waals surface area (Å²) in [4.78, 5) is 12.0. The van der Waals surface area contributed by atoms with E-state index in [-0.39, 0.29) is 17.5 Å². The van der Waals surface area contributed by atoms with Crippen molar-refractivity contribution >= 4 is 33.2 Å². The fraction of sp³-hybridized carbons (Fsp3) is 0.533. The number of hydrogen-bond acceptors (Lipinski definition) is 4. The Kier molecular flexibility index (Phi) is 7.64. The molecule has 1 aromatic rings. The van der Waals surface area contributed by atoms with Crippen LogP contribution in [0.25, 0.3) is 0 Å². The average molecular weight is 363 g/mol. The number of nitrogens with zero attached hydrogens (tertiary/aromatic N) is 1. The van der Waals surface area contributed by atoms with Gasteiger partial charge in [0, 0.05) is 6.54 Å². The molecule has 6 nitrogen and oxygen atoms in total. The molecular weight excluding hydrogens is 340 g/mol. The molecule has 0 aliphatic heterocycles. The molecule has 1 rings (SSSR count). The number of carbonyl (C=O) groups is 1. The number of carbonyl (C=O) groups excluding carboxylic acids is 1. The van der Waals surface area contributed by atoms with E-state index in [1.807, 2.05) is 0 Å². The van der Waals surface area contributed by atoms with Gasteiger partial charge in [0.15, 0.2) is 0 Å². The van der Waals surface area contributed by atoms with Crippen molar-refractivity contribution in [1.82, 2.24) is 5.32 Å². The van der Waals surface area contributed by atoms with Crippen LogP contribution in [0.15, 0.2) is 18.2 Å². The topological polar surface area (TPSA) is 75.7 Å². The number of ether oxygens (including phenoxy) is 1. The highest BCUT2D eigenvalue weighted by molar-refractivity contribution is 7.92. The van der Waals surface area contributed by atoms with Crippen molar-refractivity contribution in [2.45, 2.75) is 26.2 Å². The van der Waals surface area contributed by atoms with Gasteiger partial charge in [0.25, 0.3) is 0 Å². The number of halogens is 1. The van der Waals surface area contributed by atoms with Crippen LogP contribution in [-0.2, 0) is 14.8 Å². The minimum absolute atomic E-state index is 0.280. The summed E-state index contributed by atoms with van der Waals surface area (Å²) in [7, 11) is -2.14. The summed E-state index contributed by atoms with van der Waals surface area (Å²) in [6.45, 7) is 2.32. The molecule has 0 aromatic heterocycles. The number of nitrogens with one attached hydrogen (secondary N) is 1. The molecular formula is C15H23ClN2O4S. The summed E-state index contributed by atoms with van der Waals surface area (Å²) in [5.74, 6) is 0.0892. The number of sulfonamides is 1. The van der Waals surface area contributed by atoms with E-state index in [9.17, 15) is 13.2 Å². The molecule has 0 saturated carbocycles. The SMILES string of the molecule is CCCCCNC(=O)CN(c1ccc(OC)c(Cl)c1)S(C)(=O)=O. The van der Waals surface area contributed by atoms with Gasteiger partial charge in [-0.15, -0.1) is 0 Å². The molecule has 0 saturated heterocycles. The maximum absolute atomic E-state index is 12.0. The summed E-state index contributed by atoms with van der Waals surface area (Å²) in [6, 6.07) is 4.58. The van der Waals surface area contributed by atoms with Crippen molar-refractivity contribution in [3.63, 3.8) is 0 Å². The average Bonchev–Trinajstić information content (AvgIpc) is 2.48. The number of unbranched alkanes of at least 4 members (excludes halogenated alkanes) is 2. The third kappa shape index (κ3) is 6.27. The van der Waals surface area contributed by atoms with E-state index >= 15 is 0 Å². The second-order valence-corrected chi connectivity index (χ2v) is 7.46. The maximum Gasteiger partial charge on any atom is 0.240 e. The first-order chi connectivity index (χ1) is 10.8. The highest BCUT2D eigenvalue weighted by atomic mass is 35.5. The largest absolute Gasteiger partial charge is 0.495 e. The number of methoxy groups -OCH3 is 1. The van der Waals surface area contributed by atoms with Gasteiger partial charge in [-0.25, -0.2) is 8.42 Å². The lowest BCUT2D eigenvalue weighted by Gasteiger charge is -2.22. The predicted octanol–water partition coefficient (Wildman–Crippen LogP) is 2.42. The zero-order valence-electron chi connectivity index (χ0n) is 13.6. The molecule has 0 atom stereocenters. The Hall–Kier alpha value is -1.47. The second kappa shape index (κ2) is 8.98. The summed E-state index contributed by atoms with van der Waals surface area (Å²) >= 11 is 6.03. The molecule has 1 amide bonds. The van der Waals surface area contributed by atoms with Gasteiger partial charge in [-0.3, -0.25) is 9.10 Å². The standard InChI is InChI=1S/C15H23ClN2O4S/c1-4-5-6-9-17-15(19)11-18(23(3,20)21)12-7-8-14(22-2)13(16)10-12/h7-8,10H,4-6,9,11H2,1-3H3,(H,17,19). The molecule has 23 heavy (non-hydrogen) atoms. The lowest BCUT2D eigenvalue weighted by atomic mass is 10.2. The number of rotatable bonds is 9. The Morgan fingerprint density at radius 1 is 1.35 bits per heavy atom. The fourth-order valence-electron chi connectivity index (χ4n) is 2.00. The smallest absolute Gasteiger partial charge is 0.240 e. The third-order valence-electron chi connectivity index (χ3n) is 3.21. The van der Waals surface area contributed by atoms with Crippen molar-refractivity contribution in [3.8, 4) is 5.75 Å². The Labute approximate surface area is 142 Å². The molecule has 130 valence electrons. The molecule has 1 aromatic carbocycles. The summed E-state index contributed by atoms with van der Waals surface area (Å²) in [6.07, 6.45) is 3.99. The van der Waals surface area contributed by atoms with E-state index in [1.165, 1.54) is 13.2 Å². The van der Waals surface area contributed by atoms with Gasteiger partial charge in [-0.1, -0.05) is 31.4 Å². The van der Waals surface area contributed by atoms with E-state index in [1.54, 1.807) is 12.1 Å². The number of hydrogen-bond donors (Lipinski definition) is 1. The number of amides is 1. The highest BCUT2D eigenvalue weighted by Gasteiger charge is 2.21. The van der Waals surface area contributed by atoms with E-state index in [0.29, 0.717) is 18.0 Å². The molecule has 8 heteroatoms. The van der Waals surface area contributed by atoms with Gasteiger partial charge in [-0.05, 0) is 24.6 Å². The summed E-state index contributed by atoms with van der Waals surface area (Å²) < 4.78 is 30.0. The monoisotopic (exact) mass is 362 g/mol. The van der Waals surface area contributed by atoms with Crippen LogP contribution in [0, 0.1) is 0 Å². The van der Waals surface area contributed by atoms with Crippen LogP contribution in [0.1, 0.15) is 26.2 Å². The Balaban J connectivity index is 2.86. The van der Waals surface area contributed by atoms with Crippen molar-refractivity contribution in [3.05, 3.63) is 23.2 Å². The molecule has 0 aliphatic rings. The van der Waals surface area contributed by atoms with Crippen LogP contribution in [-0.4, -0.2) is 40.8 Å². The first-order valence-corrected chi connectivity index (χ1v) is 9.60. The minimum atomic E-state index is -3.61. The first-order valence-electron chi connectivity index (χ1n) is 7.37. The lowest BCUT2D eigenvalue weighted by Crippen LogP contribution is -2.40. The molecule has 0 aliphatic carbocycles. The van der Waals surface area contributed by atoms with Crippen LogP contribution in [0.5, 0.6) is 5.75 Å². The van der Waals surface area contributed by atoms with Gasteiger partial charge >= 0.3 is 0 Å². The van der Waals surface area contributed by atoms with Crippen molar-refractivity contribution in [2.75, 3.05) is 30.8 Å². The van der Waals surface area contributed by atoms with E-state index < -0.39 is 10.0 Å². The zero-order chi connectivity index (χ0) is 17.5. The lowest BCUT2D eigenvalue weighted by molar-refractivity contribution is -0.119. The fourth-order valence-corrected chi connectivity index (χ4v) is 3.10. The molecule has 0 spiro atoms. The highest BCUT2D eigenvalue weighted by Crippen LogP contribution is 2.30. The Bertz CT molecular complexity index is 634. The summed E-state index contributed by atoms with van der Waals surface area (Å²) in [5, 5.41) is 3.00. The van der Waals surface area contributed by atoms with E-state index in [4.69, 9.17) is 16.3 Å².